The third-order valence-corrected chi connectivity index (χ3v) is 4.16. The molecule has 0 aliphatic carbocycles. The SMILES string of the molecule is N#C/C(=C\c1cnc2ccccc2n1)C(=O)Nc1cccc2ccccc12. The van der Waals surface area contributed by atoms with Crippen LogP contribution in [0.3, 0.4) is 0 Å². The number of nitrogens with zero attached hydrogens (tertiary/aromatic N) is 3. The molecule has 0 bridgehead atoms. The summed E-state index contributed by atoms with van der Waals surface area (Å²) in [7, 11) is 0. The summed E-state index contributed by atoms with van der Waals surface area (Å²) < 4.78 is 0. The molecule has 27 heavy (non-hydrogen) atoms. The van der Waals surface area contributed by atoms with Crippen molar-refractivity contribution >= 4 is 39.5 Å². The minimum atomic E-state index is -0.483. The zero-order valence-corrected chi connectivity index (χ0v) is 14.3. The summed E-state index contributed by atoms with van der Waals surface area (Å²) >= 11 is 0. The van der Waals surface area contributed by atoms with Crippen LogP contribution < -0.4 is 5.32 Å². The van der Waals surface area contributed by atoms with Gasteiger partial charge in [0, 0.05) is 11.1 Å². The normalized spacial score (nSPS) is 11.3. The van der Waals surface area contributed by atoms with Crippen LogP contribution in [0.15, 0.2) is 78.5 Å². The second kappa shape index (κ2) is 7.06. The molecular formula is C22H14N4O. The average Bonchev–Trinajstić information content (AvgIpc) is 2.72. The molecule has 0 spiro atoms. The Balaban J connectivity index is 1.66. The Bertz CT molecular complexity index is 1230. The molecule has 1 N–H and O–H groups in total. The van der Waals surface area contributed by atoms with Crippen molar-refractivity contribution in [1.82, 2.24) is 9.97 Å². The molecule has 1 amide bonds. The predicted octanol–water partition coefficient (Wildman–Crippen LogP) is 4.33. The highest BCUT2D eigenvalue weighted by Crippen LogP contribution is 2.23. The third kappa shape index (κ3) is 3.37. The zero-order chi connectivity index (χ0) is 18.6. The first-order chi connectivity index (χ1) is 13.2. The van der Waals surface area contributed by atoms with Crippen molar-refractivity contribution < 1.29 is 4.79 Å². The molecule has 1 aromatic heterocycles. The van der Waals surface area contributed by atoms with Crippen molar-refractivity contribution in [3.63, 3.8) is 0 Å². The van der Waals surface area contributed by atoms with Crippen LogP contribution in [0.1, 0.15) is 5.69 Å². The molecule has 128 valence electrons. The molecule has 0 radical (unpaired) electrons. The fraction of sp³-hybridized carbons (Fsp3) is 0. The van der Waals surface area contributed by atoms with E-state index in [0.717, 1.165) is 16.3 Å². The summed E-state index contributed by atoms with van der Waals surface area (Å²) in [6.07, 6.45) is 2.99. The highest BCUT2D eigenvalue weighted by Gasteiger charge is 2.12. The van der Waals surface area contributed by atoms with Gasteiger partial charge in [0.05, 0.1) is 22.9 Å². The van der Waals surface area contributed by atoms with Gasteiger partial charge < -0.3 is 5.32 Å². The first kappa shape index (κ1) is 16.4. The lowest BCUT2D eigenvalue weighted by molar-refractivity contribution is -0.112. The fourth-order valence-corrected chi connectivity index (χ4v) is 2.86. The molecule has 0 saturated carbocycles. The lowest BCUT2D eigenvalue weighted by atomic mass is 10.1. The quantitative estimate of drug-likeness (QED) is 0.441. The van der Waals surface area contributed by atoms with E-state index >= 15 is 0 Å². The highest BCUT2D eigenvalue weighted by atomic mass is 16.1. The lowest BCUT2D eigenvalue weighted by Gasteiger charge is -2.08. The van der Waals surface area contributed by atoms with Gasteiger partial charge in [-0.05, 0) is 29.7 Å². The van der Waals surface area contributed by atoms with E-state index in [0.29, 0.717) is 16.9 Å². The maximum absolute atomic E-state index is 12.6. The summed E-state index contributed by atoms with van der Waals surface area (Å²) in [6.45, 7) is 0. The number of para-hydroxylation sites is 2. The average molecular weight is 350 g/mol. The van der Waals surface area contributed by atoms with Crippen molar-refractivity contribution in [1.29, 1.82) is 5.26 Å². The Morgan fingerprint density at radius 1 is 0.963 bits per heavy atom. The minimum Gasteiger partial charge on any atom is -0.321 e. The van der Waals surface area contributed by atoms with Crippen molar-refractivity contribution in [2.24, 2.45) is 0 Å². The lowest BCUT2D eigenvalue weighted by Crippen LogP contribution is -2.13. The maximum atomic E-state index is 12.6. The summed E-state index contributed by atoms with van der Waals surface area (Å²) in [5, 5.41) is 14.2. The molecule has 1 heterocycles. The zero-order valence-electron chi connectivity index (χ0n) is 14.3. The number of nitriles is 1. The molecular weight excluding hydrogens is 336 g/mol. The molecule has 5 nitrogen and oxygen atoms in total. The standard InChI is InChI=1S/C22H14N4O/c23-13-16(12-17-14-24-20-9-3-4-10-21(20)25-17)22(27)26-19-11-5-7-15-6-1-2-8-18(15)19/h1-12,14H,(H,26,27)/b16-12+. The van der Waals surface area contributed by atoms with Crippen LogP contribution in [0.25, 0.3) is 27.9 Å². The van der Waals surface area contributed by atoms with Crippen LogP contribution in [0.5, 0.6) is 0 Å². The minimum absolute atomic E-state index is 0.0347. The largest absolute Gasteiger partial charge is 0.321 e. The Morgan fingerprint density at radius 3 is 2.56 bits per heavy atom. The van der Waals surface area contributed by atoms with Gasteiger partial charge in [-0.15, -0.1) is 0 Å². The number of benzene rings is 3. The molecule has 4 rings (SSSR count). The Labute approximate surface area is 155 Å². The van der Waals surface area contributed by atoms with Crippen molar-refractivity contribution in [2.45, 2.75) is 0 Å². The third-order valence-electron chi connectivity index (χ3n) is 4.16. The van der Waals surface area contributed by atoms with Gasteiger partial charge in [-0.3, -0.25) is 9.78 Å². The monoisotopic (exact) mass is 350 g/mol. The van der Waals surface area contributed by atoms with Gasteiger partial charge in [-0.2, -0.15) is 5.26 Å². The molecule has 5 heteroatoms. The molecule has 0 saturated heterocycles. The topological polar surface area (TPSA) is 78.7 Å². The molecule has 0 aliphatic rings. The molecule has 4 aromatic rings. The molecule has 3 aromatic carbocycles. The van der Waals surface area contributed by atoms with Crippen LogP contribution in [0, 0.1) is 11.3 Å². The van der Waals surface area contributed by atoms with Gasteiger partial charge >= 0.3 is 0 Å². The van der Waals surface area contributed by atoms with Gasteiger partial charge in [-0.1, -0.05) is 48.5 Å². The number of fused-ring (bicyclic) bond motifs is 2. The second-order valence-electron chi connectivity index (χ2n) is 5.93. The molecule has 0 atom stereocenters. The van der Waals surface area contributed by atoms with Crippen LogP contribution in [-0.2, 0) is 4.79 Å². The number of aromatic nitrogens is 2. The van der Waals surface area contributed by atoms with E-state index in [4.69, 9.17) is 0 Å². The van der Waals surface area contributed by atoms with Crippen LogP contribution in [0.2, 0.25) is 0 Å². The summed E-state index contributed by atoms with van der Waals surface area (Å²) in [6, 6.07) is 22.8. The summed E-state index contributed by atoms with van der Waals surface area (Å²) in [5.41, 5.74) is 2.54. The van der Waals surface area contributed by atoms with E-state index in [1.807, 2.05) is 72.8 Å². The van der Waals surface area contributed by atoms with Crippen molar-refractivity contribution in [3.8, 4) is 6.07 Å². The number of anilines is 1. The molecule has 0 fully saturated rings. The van der Waals surface area contributed by atoms with Crippen molar-refractivity contribution in [2.75, 3.05) is 5.32 Å². The van der Waals surface area contributed by atoms with E-state index in [1.54, 1.807) is 6.20 Å². The van der Waals surface area contributed by atoms with E-state index in [-0.39, 0.29) is 5.57 Å². The Morgan fingerprint density at radius 2 is 1.70 bits per heavy atom. The number of amides is 1. The van der Waals surface area contributed by atoms with Crippen LogP contribution >= 0.6 is 0 Å². The highest BCUT2D eigenvalue weighted by molar-refractivity contribution is 6.12. The number of hydrogen-bond acceptors (Lipinski definition) is 4. The first-order valence-corrected chi connectivity index (χ1v) is 8.37. The van der Waals surface area contributed by atoms with Gasteiger partial charge in [0.1, 0.15) is 11.6 Å². The second-order valence-corrected chi connectivity index (χ2v) is 5.93. The van der Waals surface area contributed by atoms with Gasteiger partial charge in [0.2, 0.25) is 0 Å². The Hall–Kier alpha value is -4.04. The number of hydrogen-bond donors (Lipinski definition) is 1. The maximum Gasteiger partial charge on any atom is 0.266 e. The molecule has 0 unspecified atom stereocenters. The van der Waals surface area contributed by atoms with Crippen molar-refractivity contribution in [3.05, 3.63) is 84.2 Å². The molecule has 0 aliphatic heterocycles. The smallest absolute Gasteiger partial charge is 0.266 e. The number of carbonyl (C=O) groups is 1. The fourth-order valence-electron chi connectivity index (χ4n) is 2.86. The van der Waals surface area contributed by atoms with Gasteiger partial charge in [-0.25, -0.2) is 4.98 Å². The van der Waals surface area contributed by atoms with Gasteiger partial charge in [0.15, 0.2) is 0 Å². The van der Waals surface area contributed by atoms with Crippen LogP contribution in [0.4, 0.5) is 5.69 Å². The van der Waals surface area contributed by atoms with Crippen LogP contribution in [-0.4, -0.2) is 15.9 Å². The number of carbonyl (C=O) groups excluding carboxylic acids is 1. The van der Waals surface area contributed by atoms with E-state index in [2.05, 4.69) is 15.3 Å². The number of rotatable bonds is 3. The summed E-state index contributed by atoms with van der Waals surface area (Å²) in [5.74, 6) is -0.483. The Kier molecular flexibility index (Phi) is 4.30. The summed E-state index contributed by atoms with van der Waals surface area (Å²) in [4.78, 5) is 21.3. The first-order valence-electron chi connectivity index (χ1n) is 8.37. The van der Waals surface area contributed by atoms with E-state index < -0.39 is 5.91 Å². The predicted molar refractivity (Wildman–Crippen MR) is 106 cm³/mol. The van der Waals surface area contributed by atoms with Gasteiger partial charge in [0.25, 0.3) is 5.91 Å². The van der Waals surface area contributed by atoms with E-state index in [9.17, 15) is 10.1 Å². The number of nitrogens with one attached hydrogen (secondary N) is 1. The van der Waals surface area contributed by atoms with E-state index in [1.165, 1.54) is 6.08 Å².